The first-order valence-corrected chi connectivity index (χ1v) is 12.5. The molecule has 0 bridgehead atoms. The molecule has 1 N–H and O–H groups in total. The number of allylic oxidation sites excluding steroid dienone is 3. The highest BCUT2D eigenvalue weighted by Crippen LogP contribution is 2.48. The largest absolute Gasteiger partial charge is 0.493 e. The molecule has 0 saturated carbocycles. The van der Waals surface area contributed by atoms with Crippen LogP contribution in [0.25, 0.3) is 0 Å². The molecule has 0 radical (unpaired) electrons. The van der Waals surface area contributed by atoms with E-state index in [-0.39, 0.29) is 34.4 Å². The first-order valence-electron chi connectivity index (χ1n) is 12.2. The third-order valence-corrected chi connectivity index (χ3v) is 7.11. The van der Waals surface area contributed by atoms with Crippen molar-refractivity contribution < 1.29 is 28.7 Å². The van der Waals surface area contributed by atoms with Crippen molar-refractivity contribution in [2.45, 2.75) is 51.6 Å². The van der Waals surface area contributed by atoms with Crippen LogP contribution >= 0.6 is 11.6 Å². The standard InChI is InChI=1S/C28H29ClN2O7/c1-14(2)38-28(33)25-15(3)30-21-10-17(16-6-9-23(36-4)24(12-16)37-5)11-22(32)27(21)26(25)19-13-18(31(34)35)7-8-20(19)29/h6-9,12-14,17,26,30H,10-11H2,1-5H3/t17-,26-/m0/s1. The van der Waals surface area contributed by atoms with Gasteiger partial charge < -0.3 is 19.5 Å². The number of nitrogens with one attached hydrogen (secondary N) is 1. The molecule has 0 amide bonds. The summed E-state index contributed by atoms with van der Waals surface area (Å²) in [6, 6.07) is 9.59. The molecule has 4 rings (SSSR count). The topological polar surface area (TPSA) is 117 Å². The van der Waals surface area contributed by atoms with Gasteiger partial charge in [-0.05, 0) is 62.4 Å². The number of hydrogen-bond acceptors (Lipinski definition) is 8. The highest BCUT2D eigenvalue weighted by atomic mass is 35.5. The zero-order chi connectivity index (χ0) is 27.7. The monoisotopic (exact) mass is 540 g/mol. The molecule has 2 aromatic rings. The summed E-state index contributed by atoms with van der Waals surface area (Å²) in [4.78, 5) is 38.1. The summed E-state index contributed by atoms with van der Waals surface area (Å²) in [6.07, 6.45) is 0.240. The Morgan fingerprint density at radius 3 is 2.45 bits per heavy atom. The van der Waals surface area contributed by atoms with Crippen molar-refractivity contribution in [1.29, 1.82) is 0 Å². The van der Waals surface area contributed by atoms with Crippen LogP contribution in [0.3, 0.4) is 0 Å². The Morgan fingerprint density at radius 2 is 1.82 bits per heavy atom. The highest BCUT2D eigenvalue weighted by molar-refractivity contribution is 6.31. The fourth-order valence-corrected chi connectivity index (χ4v) is 5.33. The first-order chi connectivity index (χ1) is 18.0. The summed E-state index contributed by atoms with van der Waals surface area (Å²) in [6.45, 7) is 5.18. The first kappa shape index (κ1) is 27.2. The lowest BCUT2D eigenvalue weighted by Gasteiger charge is -2.37. The number of nitro groups is 1. The van der Waals surface area contributed by atoms with E-state index in [4.69, 9.17) is 25.8 Å². The summed E-state index contributed by atoms with van der Waals surface area (Å²) >= 11 is 6.55. The van der Waals surface area contributed by atoms with E-state index < -0.39 is 22.9 Å². The van der Waals surface area contributed by atoms with E-state index in [9.17, 15) is 19.7 Å². The number of carbonyl (C=O) groups excluding carboxylic acids is 2. The molecular formula is C28H29ClN2O7. The molecule has 1 aliphatic heterocycles. The number of dihydropyridines is 1. The molecule has 2 aliphatic rings. The Balaban J connectivity index is 1.84. The quantitative estimate of drug-likeness (QED) is 0.275. The summed E-state index contributed by atoms with van der Waals surface area (Å²) in [7, 11) is 3.11. The number of methoxy groups -OCH3 is 2. The van der Waals surface area contributed by atoms with E-state index in [1.807, 2.05) is 12.1 Å². The van der Waals surface area contributed by atoms with Gasteiger partial charge in [0.05, 0.1) is 30.8 Å². The number of halogens is 1. The van der Waals surface area contributed by atoms with Crippen LogP contribution in [0.2, 0.25) is 5.02 Å². The van der Waals surface area contributed by atoms with Crippen molar-refractivity contribution in [3.05, 3.63) is 85.2 Å². The number of non-ortho nitro benzene ring substituents is 1. The zero-order valence-corrected chi connectivity index (χ0v) is 22.5. The van der Waals surface area contributed by atoms with E-state index in [1.165, 1.54) is 18.2 Å². The number of ketones is 1. The predicted molar refractivity (Wildman–Crippen MR) is 141 cm³/mol. The van der Waals surface area contributed by atoms with Gasteiger partial charge in [-0.25, -0.2) is 4.79 Å². The van der Waals surface area contributed by atoms with Gasteiger partial charge >= 0.3 is 5.97 Å². The van der Waals surface area contributed by atoms with Crippen LogP contribution in [0, 0.1) is 10.1 Å². The molecule has 0 saturated heterocycles. The summed E-state index contributed by atoms with van der Waals surface area (Å²) in [5.74, 6) is -0.727. The van der Waals surface area contributed by atoms with Gasteiger partial charge in [0.25, 0.3) is 5.69 Å². The molecule has 0 fully saturated rings. The lowest BCUT2D eigenvalue weighted by Crippen LogP contribution is -2.36. The summed E-state index contributed by atoms with van der Waals surface area (Å²) in [5.41, 5.74) is 2.74. The molecule has 1 heterocycles. The number of benzene rings is 2. The lowest BCUT2D eigenvalue weighted by molar-refractivity contribution is -0.384. The van der Waals surface area contributed by atoms with Crippen LogP contribution in [-0.2, 0) is 14.3 Å². The van der Waals surface area contributed by atoms with Crippen LogP contribution in [0.15, 0.2) is 58.9 Å². The van der Waals surface area contributed by atoms with Crippen LogP contribution in [0.5, 0.6) is 11.5 Å². The maximum atomic E-state index is 13.8. The second-order valence-electron chi connectivity index (χ2n) is 9.55. The molecule has 0 spiro atoms. The van der Waals surface area contributed by atoms with Crippen molar-refractivity contribution >= 4 is 29.0 Å². The molecule has 38 heavy (non-hydrogen) atoms. The van der Waals surface area contributed by atoms with E-state index in [0.717, 1.165) is 5.56 Å². The Hall–Kier alpha value is -3.85. The van der Waals surface area contributed by atoms with Crippen molar-refractivity contribution in [1.82, 2.24) is 5.32 Å². The molecule has 2 aromatic carbocycles. The van der Waals surface area contributed by atoms with Crippen LogP contribution in [-0.4, -0.2) is 37.0 Å². The van der Waals surface area contributed by atoms with Gasteiger partial charge in [0.2, 0.25) is 0 Å². The zero-order valence-electron chi connectivity index (χ0n) is 21.8. The number of rotatable bonds is 7. The number of ether oxygens (including phenoxy) is 3. The Morgan fingerprint density at radius 1 is 1.11 bits per heavy atom. The van der Waals surface area contributed by atoms with Gasteiger partial charge in [0.15, 0.2) is 17.3 Å². The number of nitro benzene ring substituents is 1. The molecular weight excluding hydrogens is 512 g/mol. The minimum atomic E-state index is -0.913. The van der Waals surface area contributed by atoms with Crippen LogP contribution in [0.1, 0.15) is 56.6 Å². The smallest absolute Gasteiger partial charge is 0.337 e. The minimum Gasteiger partial charge on any atom is -0.493 e. The predicted octanol–water partition coefficient (Wildman–Crippen LogP) is 5.58. The average Bonchev–Trinajstić information content (AvgIpc) is 2.86. The van der Waals surface area contributed by atoms with Gasteiger partial charge in [-0.3, -0.25) is 14.9 Å². The van der Waals surface area contributed by atoms with E-state index in [0.29, 0.717) is 40.5 Å². The highest BCUT2D eigenvalue weighted by Gasteiger charge is 2.42. The Labute approximate surface area is 225 Å². The van der Waals surface area contributed by atoms with Crippen LogP contribution in [0.4, 0.5) is 5.69 Å². The van der Waals surface area contributed by atoms with Gasteiger partial charge in [-0.1, -0.05) is 17.7 Å². The molecule has 200 valence electrons. The van der Waals surface area contributed by atoms with Gasteiger partial charge in [-0.2, -0.15) is 0 Å². The van der Waals surface area contributed by atoms with Gasteiger partial charge in [-0.15, -0.1) is 0 Å². The normalized spacial score (nSPS) is 19.2. The number of esters is 1. The van der Waals surface area contributed by atoms with E-state index in [1.54, 1.807) is 41.1 Å². The third-order valence-electron chi connectivity index (χ3n) is 6.77. The minimum absolute atomic E-state index is 0.160. The molecule has 0 aromatic heterocycles. The lowest BCUT2D eigenvalue weighted by atomic mass is 9.71. The molecule has 2 atom stereocenters. The average molecular weight is 541 g/mol. The van der Waals surface area contributed by atoms with Gasteiger partial charge in [0.1, 0.15) is 0 Å². The van der Waals surface area contributed by atoms with Crippen molar-refractivity contribution in [2.24, 2.45) is 0 Å². The maximum Gasteiger partial charge on any atom is 0.337 e. The molecule has 9 nitrogen and oxygen atoms in total. The molecule has 10 heteroatoms. The fourth-order valence-electron chi connectivity index (χ4n) is 5.11. The van der Waals surface area contributed by atoms with Crippen molar-refractivity contribution in [2.75, 3.05) is 14.2 Å². The number of nitrogens with zero attached hydrogens (tertiary/aromatic N) is 1. The molecule has 1 aliphatic carbocycles. The summed E-state index contributed by atoms with van der Waals surface area (Å²) in [5, 5.41) is 15.0. The Kier molecular flexibility index (Phi) is 7.78. The van der Waals surface area contributed by atoms with Crippen molar-refractivity contribution in [3.63, 3.8) is 0 Å². The summed E-state index contributed by atoms with van der Waals surface area (Å²) < 4.78 is 16.3. The van der Waals surface area contributed by atoms with Crippen molar-refractivity contribution in [3.8, 4) is 11.5 Å². The third kappa shape index (κ3) is 5.11. The number of carbonyl (C=O) groups is 2. The second kappa shape index (κ2) is 10.9. The number of hydrogen-bond donors (Lipinski definition) is 1. The van der Waals surface area contributed by atoms with E-state index in [2.05, 4.69) is 5.32 Å². The maximum absolute atomic E-state index is 13.8. The van der Waals surface area contributed by atoms with Crippen LogP contribution < -0.4 is 14.8 Å². The second-order valence-corrected chi connectivity index (χ2v) is 9.96. The molecule has 0 unspecified atom stereocenters. The fraction of sp³-hybridized carbons (Fsp3) is 0.357. The van der Waals surface area contributed by atoms with E-state index >= 15 is 0 Å². The SMILES string of the molecule is COc1ccc([C@@H]2CC(=O)C3=C(C2)NC(C)=C(C(=O)OC(C)C)[C@@H]3c2cc([N+](=O)[O-])ccc2Cl)cc1OC. The van der Waals surface area contributed by atoms with Gasteiger partial charge in [0, 0.05) is 46.5 Å². The Bertz CT molecular complexity index is 1380. The number of Topliss-reactive ketones (excluding diaryl/α,β-unsaturated/α-hetero) is 1.